The molecular weight excluding hydrogens is 340 g/mol. The van der Waals surface area contributed by atoms with Crippen LogP contribution in [-0.2, 0) is 6.54 Å². The van der Waals surface area contributed by atoms with Crippen LogP contribution in [0.5, 0.6) is 11.5 Å². The fraction of sp³-hybridized carbons (Fsp3) is 0.357. The number of aryl methyl sites for hydroxylation is 1. The van der Waals surface area contributed by atoms with Gasteiger partial charge in [-0.15, -0.1) is 11.3 Å². The highest BCUT2D eigenvalue weighted by Gasteiger charge is 2.11. The van der Waals surface area contributed by atoms with Gasteiger partial charge >= 0.3 is 0 Å². The summed E-state index contributed by atoms with van der Waals surface area (Å²) < 4.78 is 5.77. The number of benzene rings is 1. The minimum Gasteiger partial charge on any atom is -0.503 e. The van der Waals surface area contributed by atoms with E-state index < -0.39 is 0 Å². The molecule has 0 aliphatic rings. The monoisotopic (exact) mass is 356 g/mol. The molecule has 1 unspecified atom stereocenters. The summed E-state index contributed by atoms with van der Waals surface area (Å²) >= 11 is 5.02. The zero-order chi connectivity index (χ0) is 14.7. The molecule has 2 aromatic rings. The Morgan fingerprint density at radius 1 is 1.50 bits per heavy atom. The predicted molar refractivity (Wildman–Crippen MR) is 84.5 cm³/mol. The van der Waals surface area contributed by atoms with Gasteiger partial charge in [-0.1, -0.05) is 0 Å². The Morgan fingerprint density at radius 2 is 2.25 bits per heavy atom. The molecular formula is C14H17BrN2O2S. The third kappa shape index (κ3) is 3.50. The number of hydrogen-bond acceptors (Lipinski definition) is 5. The van der Waals surface area contributed by atoms with Crippen LogP contribution in [0.3, 0.4) is 0 Å². The maximum Gasteiger partial charge on any atom is 0.172 e. The number of thiazole rings is 1. The molecule has 6 heteroatoms. The van der Waals surface area contributed by atoms with Crippen LogP contribution >= 0.6 is 27.3 Å². The average molecular weight is 357 g/mol. The zero-order valence-corrected chi connectivity index (χ0v) is 14.0. The largest absolute Gasteiger partial charge is 0.503 e. The second kappa shape index (κ2) is 6.56. The van der Waals surface area contributed by atoms with Crippen LogP contribution in [0.2, 0.25) is 0 Å². The van der Waals surface area contributed by atoms with Gasteiger partial charge in [0.1, 0.15) is 5.01 Å². The molecule has 2 rings (SSSR count). The van der Waals surface area contributed by atoms with E-state index in [0.717, 1.165) is 10.6 Å². The lowest BCUT2D eigenvalue weighted by molar-refractivity contribution is 0.371. The highest BCUT2D eigenvalue weighted by atomic mass is 79.9. The van der Waals surface area contributed by atoms with E-state index in [4.69, 9.17) is 4.74 Å². The van der Waals surface area contributed by atoms with E-state index in [0.29, 0.717) is 16.8 Å². The smallest absolute Gasteiger partial charge is 0.172 e. The number of phenols is 1. The number of hydrogen-bond donors (Lipinski definition) is 2. The molecule has 20 heavy (non-hydrogen) atoms. The van der Waals surface area contributed by atoms with Crippen LogP contribution in [0, 0.1) is 6.92 Å². The SMILES string of the molecule is COc1cc(CNC(C)c2ncc(C)s2)cc(Br)c1O. The molecule has 108 valence electrons. The summed E-state index contributed by atoms with van der Waals surface area (Å²) in [4.78, 5) is 5.59. The lowest BCUT2D eigenvalue weighted by atomic mass is 10.2. The summed E-state index contributed by atoms with van der Waals surface area (Å²) in [7, 11) is 1.54. The first kappa shape index (κ1) is 15.3. The Labute approximate surface area is 130 Å². The van der Waals surface area contributed by atoms with E-state index in [9.17, 15) is 5.11 Å². The number of halogens is 1. The second-order valence-electron chi connectivity index (χ2n) is 4.54. The molecule has 0 amide bonds. The van der Waals surface area contributed by atoms with Crippen molar-refractivity contribution in [1.82, 2.24) is 10.3 Å². The van der Waals surface area contributed by atoms with Gasteiger partial charge in [0, 0.05) is 17.6 Å². The quantitative estimate of drug-likeness (QED) is 0.855. The summed E-state index contributed by atoms with van der Waals surface area (Å²) in [5.41, 5.74) is 1.03. The Kier molecular flexibility index (Phi) is 5.01. The lowest BCUT2D eigenvalue weighted by Gasteiger charge is -2.13. The first-order valence-electron chi connectivity index (χ1n) is 6.22. The van der Waals surface area contributed by atoms with E-state index in [-0.39, 0.29) is 11.8 Å². The molecule has 1 heterocycles. The highest BCUT2D eigenvalue weighted by molar-refractivity contribution is 9.10. The van der Waals surface area contributed by atoms with Crippen LogP contribution in [0.4, 0.5) is 0 Å². The van der Waals surface area contributed by atoms with Gasteiger partial charge in [-0.2, -0.15) is 0 Å². The topological polar surface area (TPSA) is 54.4 Å². The summed E-state index contributed by atoms with van der Waals surface area (Å²) in [6, 6.07) is 3.89. The summed E-state index contributed by atoms with van der Waals surface area (Å²) in [5.74, 6) is 0.591. The van der Waals surface area contributed by atoms with E-state index in [1.54, 1.807) is 18.4 Å². The number of aromatic hydroxyl groups is 1. The van der Waals surface area contributed by atoms with Gasteiger partial charge in [-0.25, -0.2) is 4.98 Å². The van der Waals surface area contributed by atoms with Gasteiger partial charge < -0.3 is 15.2 Å². The Morgan fingerprint density at radius 3 is 2.85 bits per heavy atom. The van der Waals surface area contributed by atoms with Gasteiger partial charge in [0.05, 0.1) is 17.6 Å². The van der Waals surface area contributed by atoms with Crippen molar-refractivity contribution in [3.63, 3.8) is 0 Å². The van der Waals surface area contributed by atoms with Crippen LogP contribution in [0.25, 0.3) is 0 Å². The van der Waals surface area contributed by atoms with Gasteiger partial charge in [0.2, 0.25) is 0 Å². The molecule has 2 N–H and O–H groups in total. The molecule has 1 aromatic carbocycles. The van der Waals surface area contributed by atoms with Crippen LogP contribution < -0.4 is 10.1 Å². The van der Waals surface area contributed by atoms with Gasteiger partial charge in [0.25, 0.3) is 0 Å². The first-order valence-corrected chi connectivity index (χ1v) is 7.83. The second-order valence-corrected chi connectivity index (χ2v) is 6.66. The molecule has 0 saturated carbocycles. The molecule has 0 saturated heterocycles. The number of rotatable bonds is 5. The lowest BCUT2D eigenvalue weighted by Crippen LogP contribution is -2.17. The van der Waals surface area contributed by atoms with Crippen molar-refractivity contribution in [2.24, 2.45) is 0 Å². The summed E-state index contributed by atoms with van der Waals surface area (Å²) in [6.07, 6.45) is 1.89. The fourth-order valence-corrected chi connectivity index (χ4v) is 3.11. The zero-order valence-electron chi connectivity index (χ0n) is 11.6. The Balaban J connectivity index is 2.05. The third-order valence-electron chi connectivity index (χ3n) is 2.93. The molecule has 0 aliphatic heterocycles. The van der Waals surface area contributed by atoms with Crippen LogP contribution in [0.15, 0.2) is 22.8 Å². The van der Waals surface area contributed by atoms with Crippen molar-refractivity contribution >= 4 is 27.3 Å². The van der Waals surface area contributed by atoms with Crippen molar-refractivity contribution < 1.29 is 9.84 Å². The number of nitrogens with zero attached hydrogens (tertiary/aromatic N) is 1. The van der Waals surface area contributed by atoms with E-state index in [1.807, 2.05) is 18.3 Å². The van der Waals surface area contributed by atoms with E-state index in [2.05, 4.69) is 40.1 Å². The van der Waals surface area contributed by atoms with Crippen molar-refractivity contribution in [2.75, 3.05) is 7.11 Å². The van der Waals surface area contributed by atoms with Crippen molar-refractivity contribution in [1.29, 1.82) is 0 Å². The van der Waals surface area contributed by atoms with Crippen molar-refractivity contribution in [3.8, 4) is 11.5 Å². The van der Waals surface area contributed by atoms with E-state index >= 15 is 0 Å². The Hall–Kier alpha value is -1.11. The Bertz CT molecular complexity index is 601. The minimum absolute atomic E-state index is 0.125. The van der Waals surface area contributed by atoms with Crippen molar-refractivity contribution in [2.45, 2.75) is 26.4 Å². The van der Waals surface area contributed by atoms with Gasteiger partial charge in [0.15, 0.2) is 11.5 Å². The first-order chi connectivity index (χ1) is 9.51. The number of ether oxygens (including phenoxy) is 1. The number of nitrogens with one attached hydrogen (secondary N) is 1. The molecule has 0 spiro atoms. The maximum absolute atomic E-state index is 9.78. The molecule has 0 radical (unpaired) electrons. The fourth-order valence-electron chi connectivity index (χ4n) is 1.82. The van der Waals surface area contributed by atoms with Gasteiger partial charge in [-0.3, -0.25) is 0 Å². The normalized spacial score (nSPS) is 12.4. The average Bonchev–Trinajstić information content (AvgIpc) is 2.86. The van der Waals surface area contributed by atoms with Crippen molar-refractivity contribution in [3.05, 3.63) is 38.3 Å². The molecule has 4 nitrogen and oxygen atoms in total. The minimum atomic E-state index is 0.125. The third-order valence-corrected chi connectivity index (χ3v) is 4.63. The summed E-state index contributed by atoms with van der Waals surface area (Å²) in [6.45, 7) is 4.82. The molecule has 0 bridgehead atoms. The van der Waals surface area contributed by atoms with E-state index in [1.165, 1.54) is 4.88 Å². The molecule has 0 fully saturated rings. The summed E-state index contributed by atoms with van der Waals surface area (Å²) in [5, 5.41) is 14.3. The number of aromatic nitrogens is 1. The number of methoxy groups -OCH3 is 1. The van der Waals surface area contributed by atoms with Crippen LogP contribution in [-0.4, -0.2) is 17.2 Å². The maximum atomic E-state index is 9.78. The molecule has 0 aliphatic carbocycles. The molecule has 1 atom stereocenters. The van der Waals surface area contributed by atoms with Gasteiger partial charge in [-0.05, 0) is 47.5 Å². The standard InChI is InChI=1S/C14H17BrN2O2S/c1-8-6-17-14(20-8)9(2)16-7-10-4-11(15)13(18)12(5-10)19-3/h4-6,9,16,18H,7H2,1-3H3. The number of phenolic OH excluding ortho intramolecular Hbond substituents is 1. The van der Waals surface area contributed by atoms with Crippen LogP contribution in [0.1, 0.15) is 28.4 Å². The predicted octanol–water partition coefficient (Wildman–Crippen LogP) is 3.78. The molecule has 1 aromatic heterocycles. The highest BCUT2D eigenvalue weighted by Crippen LogP contribution is 2.35.